The van der Waals surface area contributed by atoms with Gasteiger partial charge in [-0.3, -0.25) is 10.1 Å². The molecule has 1 N–H and O–H groups in total. The molecule has 18 heavy (non-hydrogen) atoms. The molecule has 1 aliphatic rings. The molecular weight excluding hydrogens is 256 g/mol. The Balaban J connectivity index is 2.26. The van der Waals surface area contributed by atoms with Crippen LogP contribution >= 0.6 is 11.6 Å². The Morgan fingerprint density at radius 2 is 2.11 bits per heavy atom. The zero-order valence-corrected chi connectivity index (χ0v) is 10.6. The zero-order chi connectivity index (χ0) is 13.1. The molecule has 0 aliphatic carbocycles. The van der Waals surface area contributed by atoms with E-state index in [1.54, 1.807) is 12.1 Å². The number of benzene rings is 1. The average molecular weight is 271 g/mol. The van der Waals surface area contributed by atoms with Crippen LogP contribution in [0.3, 0.4) is 0 Å². The molecule has 6 heteroatoms. The third kappa shape index (κ3) is 2.57. The summed E-state index contributed by atoms with van der Waals surface area (Å²) in [7, 11) is 0. The number of nitro benzene ring substituents is 1. The summed E-state index contributed by atoms with van der Waals surface area (Å²) in [5.41, 5.74) is 0.547. The molecule has 2 rings (SSSR count). The Bertz CT molecular complexity index is 445. The number of aliphatic hydroxyl groups is 1. The smallest absolute Gasteiger partial charge is 0.294 e. The van der Waals surface area contributed by atoms with Crippen LogP contribution in [0.1, 0.15) is 12.8 Å². The van der Waals surface area contributed by atoms with E-state index in [-0.39, 0.29) is 12.3 Å². The summed E-state index contributed by atoms with van der Waals surface area (Å²) in [5.74, 6) is 0.294. The molecule has 0 saturated carbocycles. The van der Waals surface area contributed by atoms with Crippen molar-refractivity contribution >= 4 is 23.0 Å². The fourth-order valence-electron chi connectivity index (χ4n) is 2.30. The predicted octanol–water partition coefficient (Wildman–Crippen LogP) is 2.46. The van der Waals surface area contributed by atoms with Crippen LogP contribution in [0.25, 0.3) is 0 Å². The maximum atomic E-state index is 11.0. The van der Waals surface area contributed by atoms with Crippen molar-refractivity contribution in [2.45, 2.75) is 12.8 Å². The van der Waals surface area contributed by atoms with Crippen molar-refractivity contribution in [2.75, 3.05) is 24.6 Å². The minimum Gasteiger partial charge on any atom is -0.396 e. The third-order valence-electron chi connectivity index (χ3n) is 3.35. The van der Waals surface area contributed by atoms with E-state index in [1.807, 2.05) is 4.90 Å². The molecule has 5 nitrogen and oxygen atoms in total. The van der Waals surface area contributed by atoms with Crippen LogP contribution in [0.2, 0.25) is 5.02 Å². The molecule has 0 atom stereocenters. The topological polar surface area (TPSA) is 66.6 Å². The fraction of sp³-hybridized carbons (Fsp3) is 0.500. The molecule has 1 heterocycles. The van der Waals surface area contributed by atoms with Gasteiger partial charge in [0, 0.05) is 25.8 Å². The largest absolute Gasteiger partial charge is 0.396 e. The quantitative estimate of drug-likeness (QED) is 0.677. The lowest BCUT2D eigenvalue weighted by Crippen LogP contribution is -2.35. The second-order valence-electron chi connectivity index (χ2n) is 4.48. The fourth-order valence-corrected chi connectivity index (χ4v) is 2.59. The minimum absolute atomic E-state index is 0.0462. The van der Waals surface area contributed by atoms with Crippen LogP contribution in [-0.4, -0.2) is 29.7 Å². The van der Waals surface area contributed by atoms with Gasteiger partial charge < -0.3 is 10.0 Å². The first-order valence-corrected chi connectivity index (χ1v) is 6.30. The monoisotopic (exact) mass is 270 g/mol. The summed E-state index contributed by atoms with van der Waals surface area (Å²) in [5, 5.41) is 20.5. The van der Waals surface area contributed by atoms with Crippen molar-refractivity contribution < 1.29 is 10.0 Å². The SMILES string of the molecule is O=[N+]([O-])c1cccc(Cl)c1N1CCC(CO)CC1. The van der Waals surface area contributed by atoms with E-state index in [2.05, 4.69) is 0 Å². The molecule has 0 radical (unpaired) electrons. The number of hydrogen-bond acceptors (Lipinski definition) is 4. The lowest BCUT2D eigenvalue weighted by atomic mass is 9.97. The van der Waals surface area contributed by atoms with Gasteiger partial charge in [0.05, 0.1) is 9.95 Å². The summed E-state index contributed by atoms with van der Waals surface area (Å²) >= 11 is 6.08. The van der Waals surface area contributed by atoms with E-state index in [0.717, 1.165) is 12.8 Å². The number of halogens is 1. The third-order valence-corrected chi connectivity index (χ3v) is 3.66. The van der Waals surface area contributed by atoms with Crippen LogP contribution < -0.4 is 4.90 Å². The van der Waals surface area contributed by atoms with Crippen molar-refractivity contribution in [1.82, 2.24) is 0 Å². The molecule has 0 bridgehead atoms. The molecule has 1 saturated heterocycles. The van der Waals surface area contributed by atoms with Gasteiger partial charge in [0.2, 0.25) is 0 Å². The van der Waals surface area contributed by atoms with Crippen LogP contribution in [0.5, 0.6) is 0 Å². The highest BCUT2D eigenvalue weighted by atomic mass is 35.5. The van der Waals surface area contributed by atoms with Gasteiger partial charge in [-0.15, -0.1) is 0 Å². The summed E-state index contributed by atoms with van der Waals surface area (Å²) < 4.78 is 0. The number of nitro groups is 1. The second-order valence-corrected chi connectivity index (χ2v) is 4.88. The molecule has 0 amide bonds. The second kappa shape index (κ2) is 5.54. The van der Waals surface area contributed by atoms with E-state index < -0.39 is 4.92 Å². The van der Waals surface area contributed by atoms with Crippen LogP contribution in [0.4, 0.5) is 11.4 Å². The number of para-hydroxylation sites is 1. The Kier molecular flexibility index (Phi) is 4.04. The number of hydrogen-bond donors (Lipinski definition) is 1. The molecule has 0 aromatic heterocycles. The summed E-state index contributed by atoms with van der Waals surface area (Å²) in [4.78, 5) is 12.6. The van der Waals surface area contributed by atoms with Crippen molar-refractivity contribution in [2.24, 2.45) is 5.92 Å². The predicted molar refractivity (Wildman–Crippen MR) is 70.1 cm³/mol. The molecule has 1 fully saturated rings. The summed E-state index contributed by atoms with van der Waals surface area (Å²) in [6.45, 7) is 1.56. The average Bonchev–Trinajstić information content (AvgIpc) is 2.38. The van der Waals surface area contributed by atoms with Gasteiger partial charge in [0.15, 0.2) is 0 Å². The standard InChI is InChI=1S/C12H15ClN2O3/c13-10-2-1-3-11(15(17)18)12(10)14-6-4-9(8-16)5-7-14/h1-3,9,16H,4-8H2. The van der Waals surface area contributed by atoms with Crippen LogP contribution in [-0.2, 0) is 0 Å². The first kappa shape index (κ1) is 13.1. The van der Waals surface area contributed by atoms with Gasteiger partial charge >= 0.3 is 0 Å². The van der Waals surface area contributed by atoms with Gasteiger partial charge in [0.1, 0.15) is 5.69 Å². The molecule has 0 spiro atoms. The van der Waals surface area contributed by atoms with E-state index >= 15 is 0 Å². The number of aliphatic hydroxyl groups excluding tert-OH is 1. The van der Waals surface area contributed by atoms with E-state index in [1.165, 1.54) is 6.07 Å². The van der Waals surface area contributed by atoms with E-state index in [4.69, 9.17) is 16.7 Å². The van der Waals surface area contributed by atoms with Gasteiger partial charge in [0.25, 0.3) is 5.69 Å². The molecule has 1 aromatic carbocycles. The highest BCUT2D eigenvalue weighted by Crippen LogP contribution is 2.37. The van der Waals surface area contributed by atoms with Crippen LogP contribution in [0, 0.1) is 16.0 Å². The van der Waals surface area contributed by atoms with Gasteiger partial charge in [-0.25, -0.2) is 0 Å². The maximum absolute atomic E-state index is 11.0. The maximum Gasteiger partial charge on any atom is 0.294 e. The summed E-state index contributed by atoms with van der Waals surface area (Å²) in [6.07, 6.45) is 1.66. The Hall–Kier alpha value is -1.33. The Labute approximate surface area is 110 Å². The Morgan fingerprint density at radius 1 is 1.44 bits per heavy atom. The van der Waals surface area contributed by atoms with Crippen molar-refractivity contribution in [1.29, 1.82) is 0 Å². The molecular formula is C12H15ClN2O3. The number of anilines is 1. The molecule has 98 valence electrons. The normalized spacial score (nSPS) is 16.9. The van der Waals surface area contributed by atoms with Crippen molar-refractivity contribution in [3.8, 4) is 0 Å². The first-order valence-electron chi connectivity index (χ1n) is 5.92. The minimum atomic E-state index is -0.403. The highest BCUT2D eigenvalue weighted by molar-refractivity contribution is 6.33. The zero-order valence-electron chi connectivity index (χ0n) is 9.88. The van der Waals surface area contributed by atoms with Crippen LogP contribution in [0.15, 0.2) is 18.2 Å². The summed E-state index contributed by atoms with van der Waals surface area (Å²) in [6, 6.07) is 4.73. The number of piperidine rings is 1. The van der Waals surface area contributed by atoms with E-state index in [9.17, 15) is 10.1 Å². The lowest BCUT2D eigenvalue weighted by Gasteiger charge is -2.32. The number of rotatable bonds is 3. The molecule has 0 unspecified atom stereocenters. The highest BCUT2D eigenvalue weighted by Gasteiger charge is 2.26. The lowest BCUT2D eigenvalue weighted by molar-refractivity contribution is -0.384. The van der Waals surface area contributed by atoms with E-state index in [0.29, 0.717) is 29.7 Å². The molecule has 1 aromatic rings. The van der Waals surface area contributed by atoms with Gasteiger partial charge in [-0.2, -0.15) is 0 Å². The Morgan fingerprint density at radius 3 is 2.67 bits per heavy atom. The molecule has 1 aliphatic heterocycles. The van der Waals surface area contributed by atoms with Crippen molar-refractivity contribution in [3.05, 3.63) is 33.3 Å². The number of nitrogens with zero attached hydrogens (tertiary/aromatic N) is 2. The first-order chi connectivity index (χ1) is 8.63. The van der Waals surface area contributed by atoms with Gasteiger partial charge in [-0.1, -0.05) is 17.7 Å². The van der Waals surface area contributed by atoms with Gasteiger partial charge in [-0.05, 0) is 24.8 Å². The van der Waals surface area contributed by atoms with Crippen molar-refractivity contribution in [3.63, 3.8) is 0 Å².